The first kappa shape index (κ1) is 14.9. The Balaban J connectivity index is 2.15. The summed E-state index contributed by atoms with van der Waals surface area (Å²) in [5.74, 6) is 0.436. The van der Waals surface area contributed by atoms with Gasteiger partial charge in [-0.05, 0) is 45.4 Å². The van der Waals surface area contributed by atoms with Crippen molar-refractivity contribution in [3.63, 3.8) is 0 Å². The van der Waals surface area contributed by atoms with Gasteiger partial charge in [0.1, 0.15) is 5.75 Å². The summed E-state index contributed by atoms with van der Waals surface area (Å²) in [4.78, 5) is 14.2. The molecule has 2 atom stereocenters. The van der Waals surface area contributed by atoms with E-state index in [1.807, 2.05) is 26.0 Å². The van der Waals surface area contributed by atoms with Gasteiger partial charge in [-0.25, -0.2) is 0 Å². The molecule has 1 heterocycles. The van der Waals surface area contributed by atoms with Crippen LogP contribution in [0.5, 0.6) is 5.75 Å². The highest BCUT2D eigenvalue weighted by atomic mass is 16.3. The first-order chi connectivity index (χ1) is 9.37. The van der Waals surface area contributed by atoms with E-state index in [9.17, 15) is 9.90 Å². The summed E-state index contributed by atoms with van der Waals surface area (Å²) in [5, 5.41) is 12.9. The van der Waals surface area contributed by atoms with E-state index in [0.29, 0.717) is 5.75 Å². The summed E-state index contributed by atoms with van der Waals surface area (Å²) in [6, 6.07) is 5.90. The third kappa shape index (κ3) is 2.66. The van der Waals surface area contributed by atoms with E-state index in [0.717, 1.165) is 30.6 Å². The number of carbonyl (C=O) groups is 1. The molecular formula is C16H24N2O2. The maximum atomic E-state index is 12.0. The van der Waals surface area contributed by atoms with Gasteiger partial charge in [0.05, 0.1) is 5.41 Å². The van der Waals surface area contributed by atoms with Crippen LogP contribution in [0.2, 0.25) is 0 Å². The summed E-state index contributed by atoms with van der Waals surface area (Å²) in [5.41, 5.74) is 1.65. The minimum Gasteiger partial charge on any atom is -0.508 e. The highest BCUT2D eigenvalue weighted by Crippen LogP contribution is 2.37. The first-order valence-electron chi connectivity index (χ1n) is 7.13. The predicted octanol–water partition coefficient (Wildman–Crippen LogP) is 2.22. The number of aryl methyl sites for hydroxylation is 1. The van der Waals surface area contributed by atoms with Crippen molar-refractivity contribution in [2.75, 3.05) is 20.1 Å². The molecule has 4 nitrogen and oxygen atoms in total. The fourth-order valence-electron chi connectivity index (χ4n) is 3.02. The standard InChI is InChI=1S/C16H24N2O2/c1-11-5-6-13(14(19)9-11)12(2)18-8-7-16(3,10-18)15(20)17-4/h5-6,9,12,19H,7-8,10H2,1-4H3,(H,17,20). The molecule has 1 aliphatic rings. The molecule has 0 radical (unpaired) electrons. The van der Waals surface area contributed by atoms with Gasteiger partial charge in [-0.1, -0.05) is 12.1 Å². The number of phenols is 1. The van der Waals surface area contributed by atoms with Crippen molar-refractivity contribution in [2.24, 2.45) is 5.41 Å². The van der Waals surface area contributed by atoms with Gasteiger partial charge in [0.2, 0.25) is 5.91 Å². The summed E-state index contributed by atoms with van der Waals surface area (Å²) in [6.45, 7) is 7.65. The molecule has 0 saturated carbocycles. The molecule has 0 spiro atoms. The van der Waals surface area contributed by atoms with Crippen molar-refractivity contribution in [2.45, 2.75) is 33.2 Å². The second kappa shape index (κ2) is 5.44. The Kier molecular flexibility index (Phi) is 4.04. The van der Waals surface area contributed by atoms with Gasteiger partial charge in [-0.2, -0.15) is 0 Å². The lowest BCUT2D eigenvalue weighted by Gasteiger charge is -2.28. The van der Waals surface area contributed by atoms with Gasteiger partial charge in [-0.15, -0.1) is 0 Å². The Bertz CT molecular complexity index is 515. The van der Waals surface area contributed by atoms with Gasteiger partial charge in [0.25, 0.3) is 0 Å². The predicted molar refractivity (Wildman–Crippen MR) is 79.6 cm³/mol. The largest absolute Gasteiger partial charge is 0.508 e. The van der Waals surface area contributed by atoms with Crippen molar-refractivity contribution in [1.29, 1.82) is 0 Å². The molecule has 4 heteroatoms. The number of nitrogens with one attached hydrogen (secondary N) is 1. The molecule has 0 bridgehead atoms. The molecule has 110 valence electrons. The van der Waals surface area contributed by atoms with Crippen molar-refractivity contribution in [1.82, 2.24) is 10.2 Å². The zero-order valence-electron chi connectivity index (χ0n) is 12.7. The molecule has 1 fully saturated rings. The number of hydrogen-bond acceptors (Lipinski definition) is 3. The summed E-state index contributed by atoms with van der Waals surface area (Å²) in [6.07, 6.45) is 0.851. The molecule has 1 saturated heterocycles. The third-order valence-electron chi connectivity index (χ3n) is 4.46. The van der Waals surface area contributed by atoms with E-state index in [1.54, 1.807) is 13.1 Å². The van der Waals surface area contributed by atoms with Gasteiger partial charge in [0, 0.05) is 25.2 Å². The molecule has 2 N–H and O–H groups in total. The van der Waals surface area contributed by atoms with Crippen LogP contribution in [0.25, 0.3) is 0 Å². The van der Waals surface area contributed by atoms with Crippen molar-refractivity contribution in [3.8, 4) is 5.75 Å². The normalized spacial score (nSPS) is 24.6. The summed E-state index contributed by atoms with van der Waals surface area (Å²) in [7, 11) is 1.69. The van der Waals surface area contributed by atoms with Crippen LogP contribution in [0, 0.1) is 12.3 Å². The third-order valence-corrected chi connectivity index (χ3v) is 4.46. The highest BCUT2D eigenvalue weighted by molar-refractivity contribution is 5.82. The molecule has 2 rings (SSSR count). The Labute approximate surface area is 120 Å². The van der Waals surface area contributed by atoms with Crippen LogP contribution in [-0.2, 0) is 4.79 Å². The lowest BCUT2D eigenvalue weighted by Crippen LogP contribution is -2.39. The lowest BCUT2D eigenvalue weighted by molar-refractivity contribution is -0.129. The van der Waals surface area contributed by atoms with Crippen LogP contribution in [0.3, 0.4) is 0 Å². The fourth-order valence-corrected chi connectivity index (χ4v) is 3.02. The SMILES string of the molecule is CNC(=O)C1(C)CCN(C(C)c2ccc(C)cc2O)C1. The number of nitrogens with zero attached hydrogens (tertiary/aromatic N) is 1. The number of rotatable bonds is 3. The number of carbonyl (C=O) groups excluding carboxylic acids is 1. The molecule has 2 unspecified atom stereocenters. The summed E-state index contributed by atoms with van der Waals surface area (Å²) >= 11 is 0. The van der Waals surface area contributed by atoms with E-state index in [4.69, 9.17) is 0 Å². The van der Waals surface area contributed by atoms with Gasteiger partial charge < -0.3 is 10.4 Å². The number of benzene rings is 1. The molecule has 0 aromatic heterocycles. The number of aromatic hydroxyl groups is 1. The number of likely N-dealkylation sites (tertiary alicyclic amines) is 1. The number of amides is 1. The molecule has 0 aliphatic carbocycles. The summed E-state index contributed by atoms with van der Waals surface area (Å²) < 4.78 is 0. The number of phenolic OH excluding ortho intramolecular Hbond substituents is 1. The fraction of sp³-hybridized carbons (Fsp3) is 0.562. The van der Waals surface area contributed by atoms with Crippen LogP contribution < -0.4 is 5.32 Å². The van der Waals surface area contributed by atoms with Crippen LogP contribution >= 0.6 is 0 Å². The average Bonchev–Trinajstić information content (AvgIpc) is 2.81. The minimum atomic E-state index is -0.330. The van der Waals surface area contributed by atoms with E-state index in [-0.39, 0.29) is 17.4 Å². The van der Waals surface area contributed by atoms with Gasteiger partial charge in [0.15, 0.2) is 0 Å². The molecule has 20 heavy (non-hydrogen) atoms. The van der Waals surface area contributed by atoms with Gasteiger partial charge >= 0.3 is 0 Å². The van der Waals surface area contributed by atoms with Crippen molar-refractivity contribution in [3.05, 3.63) is 29.3 Å². The second-order valence-corrected chi connectivity index (χ2v) is 6.10. The quantitative estimate of drug-likeness (QED) is 0.890. The molecule has 1 aromatic carbocycles. The van der Waals surface area contributed by atoms with Gasteiger partial charge in [-0.3, -0.25) is 9.69 Å². The second-order valence-electron chi connectivity index (χ2n) is 6.10. The Morgan fingerprint density at radius 3 is 2.80 bits per heavy atom. The van der Waals surface area contributed by atoms with E-state index < -0.39 is 0 Å². The number of hydrogen-bond donors (Lipinski definition) is 2. The molecule has 1 aliphatic heterocycles. The van der Waals surface area contributed by atoms with Crippen LogP contribution in [-0.4, -0.2) is 36.1 Å². The molecule has 1 aromatic rings. The maximum Gasteiger partial charge on any atom is 0.227 e. The Morgan fingerprint density at radius 2 is 2.20 bits per heavy atom. The van der Waals surface area contributed by atoms with E-state index in [1.165, 1.54) is 0 Å². The molecule has 1 amide bonds. The monoisotopic (exact) mass is 276 g/mol. The van der Waals surface area contributed by atoms with E-state index in [2.05, 4.69) is 17.1 Å². The highest BCUT2D eigenvalue weighted by Gasteiger charge is 2.41. The zero-order chi connectivity index (χ0) is 14.9. The average molecular weight is 276 g/mol. The topological polar surface area (TPSA) is 52.6 Å². The molecular weight excluding hydrogens is 252 g/mol. The lowest BCUT2D eigenvalue weighted by atomic mass is 9.89. The van der Waals surface area contributed by atoms with E-state index >= 15 is 0 Å². The smallest absolute Gasteiger partial charge is 0.227 e. The van der Waals surface area contributed by atoms with Crippen LogP contribution in [0.4, 0.5) is 0 Å². The maximum absolute atomic E-state index is 12.0. The Hall–Kier alpha value is -1.55. The van der Waals surface area contributed by atoms with Crippen LogP contribution in [0.15, 0.2) is 18.2 Å². The Morgan fingerprint density at radius 1 is 1.50 bits per heavy atom. The minimum absolute atomic E-state index is 0.0975. The van der Waals surface area contributed by atoms with Crippen molar-refractivity contribution >= 4 is 5.91 Å². The van der Waals surface area contributed by atoms with Crippen molar-refractivity contribution < 1.29 is 9.90 Å². The first-order valence-corrected chi connectivity index (χ1v) is 7.13. The van der Waals surface area contributed by atoms with Crippen LogP contribution in [0.1, 0.15) is 37.4 Å². The zero-order valence-corrected chi connectivity index (χ0v) is 12.7.